The van der Waals surface area contributed by atoms with E-state index in [9.17, 15) is 4.39 Å². The van der Waals surface area contributed by atoms with Crippen LogP contribution in [-0.2, 0) is 14.6 Å². The highest BCUT2D eigenvalue weighted by atomic mass is 79.9. The Bertz CT molecular complexity index is 446. The Labute approximate surface area is 116 Å². The van der Waals surface area contributed by atoms with Gasteiger partial charge in [0, 0.05) is 10.8 Å². The molecule has 1 aliphatic rings. The fourth-order valence-corrected chi connectivity index (χ4v) is 2.18. The summed E-state index contributed by atoms with van der Waals surface area (Å²) in [4.78, 5) is 0. The van der Waals surface area contributed by atoms with Crippen LogP contribution < -0.4 is 5.46 Å². The molecule has 0 saturated carbocycles. The van der Waals surface area contributed by atoms with E-state index in [1.165, 1.54) is 6.07 Å². The van der Waals surface area contributed by atoms with Crippen LogP contribution in [0.1, 0.15) is 33.3 Å². The van der Waals surface area contributed by atoms with Crippen LogP contribution in [0.3, 0.4) is 0 Å². The summed E-state index contributed by atoms with van der Waals surface area (Å²) >= 11 is 3.37. The SMILES string of the molecule is CC1(C)OB(c2cc(CBr)ccc2F)OC1(C)C. The molecule has 1 fully saturated rings. The van der Waals surface area contributed by atoms with Crippen molar-refractivity contribution in [3.05, 3.63) is 29.6 Å². The molecule has 0 atom stereocenters. The van der Waals surface area contributed by atoms with E-state index in [2.05, 4.69) is 15.9 Å². The molecule has 0 radical (unpaired) electrons. The summed E-state index contributed by atoms with van der Waals surface area (Å²) in [6.07, 6.45) is 0. The lowest BCUT2D eigenvalue weighted by atomic mass is 9.78. The van der Waals surface area contributed by atoms with Gasteiger partial charge < -0.3 is 9.31 Å². The summed E-state index contributed by atoms with van der Waals surface area (Å²) in [5.41, 5.74) is 0.565. The van der Waals surface area contributed by atoms with Gasteiger partial charge in [-0.3, -0.25) is 0 Å². The zero-order chi connectivity index (χ0) is 13.6. The van der Waals surface area contributed by atoms with Crippen molar-refractivity contribution in [3.8, 4) is 0 Å². The van der Waals surface area contributed by atoms with Crippen LogP contribution in [0, 0.1) is 5.82 Å². The number of rotatable bonds is 2. The third-order valence-corrected chi connectivity index (χ3v) is 4.37. The number of hydrogen-bond acceptors (Lipinski definition) is 2. The highest BCUT2D eigenvalue weighted by Gasteiger charge is 2.52. The van der Waals surface area contributed by atoms with Gasteiger partial charge in [0.1, 0.15) is 5.82 Å². The molecule has 5 heteroatoms. The second-order valence-electron chi connectivity index (χ2n) is 5.58. The van der Waals surface area contributed by atoms with Gasteiger partial charge in [-0.1, -0.05) is 28.1 Å². The third-order valence-electron chi connectivity index (χ3n) is 3.72. The Morgan fingerprint density at radius 3 is 2.22 bits per heavy atom. The van der Waals surface area contributed by atoms with Gasteiger partial charge in [0.05, 0.1) is 11.2 Å². The summed E-state index contributed by atoms with van der Waals surface area (Å²) < 4.78 is 25.6. The first-order chi connectivity index (χ1) is 8.27. The number of benzene rings is 1. The van der Waals surface area contributed by atoms with Crippen LogP contribution >= 0.6 is 15.9 Å². The third kappa shape index (κ3) is 2.36. The van der Waals surface area contributed by atoms with Crippen molar-refractivity contribution in [2.75, 3.05) is 0 Å². The molecule has 0 bridgehead atoms. The van der Waals surface area contributed by atoms with Crippen LogP contribution in [0.15, 0.2) is 18.2 Å². The summed E-state index contributed by atoms with van der Waals surface area (Å²) in [6, 6.07) is 4.99. The molecule has 98 valence electrons. The van der Waals surface area contributed by atoms with E-state index < -0.39 is 18.3 Å². The predicted octanol–water partition coefficient (Wildman–Crippen LogP) is 3.02. The van der Waals surface area contributed by atoms with Crippen LogP contribution in [0.25, 0.3) is 0 Å². The number of alkyl halides is 1. The largest absolute Gasteiger partial charge is 0.497 e. The van der Waals surface area contributed by atoms with Crippen molar-refractivity contribution < 1.29 is 13.7 Å². The fourth-order valence-electron chi connectivity index (χ4n) is 1.83. The van der Waals surface area contributed by atoms with Crippen LogP contribution in [0.2, 0.25) is 0 Å². The molecule has 0 unspecified atom stereocenters. The molecule has 0 N–H and O–H groups in total. The van der Waals surface area contributed by atoms with Crippen molar-refractivity contribution in [1.82, 2.24) is 0 Å². The minimum Gasteiger partial charge on any atom is -0.399 e. The lowest BCUT2D eigenvalue weighted by Crippen LogP contribution is -2.41. The molecule has 0 aliphatic carbocycles. The summed E-state index contributed by atoms with van der Waals surface area (Å²) in [5.74, 6) is -0.293. The van der Waals surface area contributed by atoms with Crippen molar-refractivity contribution >= 4 is 28.5 Å². The Morgan fingerprint density at radius 2 is 1.72 bits per heavy atom. The maximum Gasteiger partial charge on any atom is 0.497 e. The van der Waals surface area contributed by atoms with Crippen molar-refractivity contribution in [2.45, 2.75) is 44.2 Å². The Morgan fingerprint density at radius 1 is 1.17 bits per heavy atom. The van der Waals surface area contributed by atoms with Gasteiger partial charge in [0.15, 0.2) is 0 Å². The van der Waals surface area contributed by atoms with E-state index in [1.54, 1.807) is 12.1 Å². The van der Waals surface area contributed by atoms with E-state index in [1.807, 2.05) is 27.7 Å². The first-order valence-corrected chi connectivity index (χ1v) is 7.09. The normalized spacial score (nSPS) is 21.3. The number of halogens is 2. The minimum absolute atomic E-state index is 0.293. The molecule has 18 heavy (non-hydrogen) atoms. The smallest absolute Gasteiger partial charge is 0.399 e. The maximum absolute atomic E-state index is 13.9. The first kappa shape index (κ1) is 14.0. The minimum atomic E-state index is -0.644. The maximum atomic E-state index is 13.9. The zero-order valence-corrected chi connectivity index (χ0v) is 12.7. The lowest BCUT2D eigenvalue weighted by Gasteiger charge is -2.32. The second kappa shape index (κ2) is 4.62. The van der Waals surface area contributed by atoms with Crippen LogP contribution in [0.5, 0.6) is 0 Å². The molecule has 1 saturated heterocycles. The monoisotopic (exact) mass is 314 g/mol. The molecular formula is C13H17BBrFO2. The summed E-state index contributed by atoms with van der Waals surface area (Å²) in [5, 5.41) is 0.680. The van der Waals surface area contributed by atoms with Gasteiger partial charge in [0.2, 0.25) is 0 Å². The van der Waals surface area contributed by atoms with Gasteiger partial charge in [-0.2, -0.15) is 0 Å². The molecule has 1 aliphatic heterocycles. The molecule has 0 spiro atoms. The van der Waals surface area contributed by atoms with Crippen molar-refractivity contribution in [2.24, 2.45) is 0 Å². The first-order valence-electron chi connectivity index (χ1n) is 5.97. The highest BCUT2D eigenvalue weighted by Crippen LogP contribution is 2.36. The zero-order valence-electron chi connectivity index (χ0n) is 11.1. The van der Waals surface area contributed by atoms with Crippen LogP contribution in [-0.4, -0.2) is 18.3 Å². The molecule has 1 aromatic rings. The second-order valence-corrected chi connectivity index (χ2v) is 6.14. The average molecular weight is 315 g/mol. The summed E-state index contributed by atoms with van der Waals surface area (Å²) in [7, 11) is -0.644. The molecule has 0 aromatic heterocycles. The van der Waals surface area contributed by atoms with Crippen molar-refractivity contribution in [3.63, 3.8) is 0 Å². The van der Waals surface area contributed by atoms with E-state index >= 15 is 0 Å². The van der Waals surface area contributed by atoms with E-state index in [4.69, 9.17) is 9.31 Å². The molecule has 2 nitrogen and oxygen atoms in total. The summed E-state index contributed by atoms with van der Waals surface area (Å²) in [6.45, 7) is 7.83. The van der Waals surface area contributed by atoms with Crippen LogP contribution in [0.4, 0.5) is 4.39 Å². The van der Waals surface area contributed by atoms with Gasteiger partial charge in [0.25, 0.3) is 0 Å². The molecule has 0 amide bonds. The van der Waals surface area contributed by atoms with E-state index in [0.29, 0.717) is 10.8 Å². The van der Waals surface area contributed by atoms with Gasteiger partial charge in [-0.05, 0) is 39.3 Å². The molecular weight excluding hydrogens is 298 g/mol. The Hall–Kier alpha value is -0.385. The molecule has 2 rings (SSSR count). The highest BCUT2D eigenvalue weighted by molar-refractivity contribution is 9.08. The Kier molecular flexibility index (Phi) is 3.60. The quantitative estimate of drug-likeness (QED) is 0.617. The lowest BCUT2D eigenvalue weighted by molar-refractivity contribution is 0.00578. The average Bonchev–Trinajstić information content (AvgIpc) is 2.48. The molecule has 1 heterocycles. The van der Waals surface area contributed by atoms with E-state index in [0.717, 1.165) is 5.56 Å². The number of hydrogen-bond donors (Lipinski definition) is 0. The fraction of sp³-hybridized carbons (Fsp3) is 0.538. The predicted molar refractivity (Wildman–Crippen MR) is 74.7 cm³/mol. The Balaban J connectivity index is 2.34. The topological polar surface area (TPSA) is 18.5 Å². The standard InChI is InChI=1S/C13H17BBrFO2/c1-12(2)13(3,4)18-14(17-12)10-7-9(8-15)5-6-11(10)16/h5-7H,8H2,1-4H3. The van der Waals surface area contributed by atoms with Crippen molar-refractivity contribution in [1.29, 1.82) is 0 Å². The van der Waals surface area contributed by atoms with E-state index in [-0.39, 0.29) is 5.82 Å². The molecule has 1 aromatic carbocycles. The van der Waals surface area contributed by atoms with Gasteiger partial charge in [-0.25, -0.2) is 4.39 Å². The van der Waals surface area contributed by atoms with Gasteiger partial charge >= 0.3 is 7.12 Å². The van der Waals surface area contributed by atoms with Gasteiger partial charge in [-0.15, -0.1) is 0 Å².